The topological polar surface area (TPSA) is 197 Å². The highest BCUT2D eigenvalue weighted by Gasteiger charge is 2.64. The number of benzene rings is 1. The molecule has 15 heteroatoms. The lowest BCUT2D eigenvalue weighted by Gasteiger charge is -2.50. The van der Waals surface area contributed by atoms with Crippen molar-refractivity contribution in [3.05, 3.63) is 34.1 Å². The highest BCUT2D eigenvalue weighted by molar-refractivity contribution is 6.24. The molecule has 1 aromatic rings. The van der Waals surface area contributed by atoms with Gasteiger partial charge in [0.15, 0.2) is 11.4 Å². The fourth-order valence-corrected chi connectivity index (χ4v) is 6.26. The summed E-state index contributed by atoms with van der Waals surface area (Å²) in [7, 11) is 9.98. The summed E-state index contributed by atoms with van der Waals surface area (Å²) < 4.78 is 0. The number of primary amides is 1. The summed E-state index contributed by atoms with van der Waals surface area (Å²) in [5, 5.41) is 48.0. The molecule has 0 aliphatic heterocycles. The van der Waals surface area contributed by atoms with Gasteiger partial charge in [0.05, 0.1) is 23.8 Å². The van der Waals surface area contributed by atoms with Gasteiger partial charge in [-0.15, -0.1) is 24.8 Å². The molecule has 13 nitrogen and oxygen atoms in total. The third-order valence-corrected chi connectivity index (χ3v) is 7.91. The lowest BCUT2D eigenvalue weighted by atomic mass is 9.57. The van der Waals surface area contributed by atoms with Crippen molar-refractivity contribution in [1.82, 2.24) is 9.80 Å². The Labute approximate surface area is 255 Å². The van der Waals surface area contributed by atoms with Crippen LogP contribution in [0.15, 0.2) is 23.0 Å². The summed E-state index contributed by atoms with van der Waals surface area (Å²) in [5.74, 6) is -7.73. The fraction of sp³-hybridized carbons (Fsp3) is 0.481. The van der Waals surface area contributed by atoms with Gasteiger partial charge in [-0.3, -0.25) is 24.1 Å². The number of ketones is 2. The quantitative estimate of drug-likeness (QED) is 0.188. The van der Waals surface area contributed by atoms with E-state index in [1.165, 1.54) is 4.90 Å². The van der Waals surface area contributed by atoms with E-state index in [9.17, 15) is 39.6 Å². The van der Waals surface area contributed by atoms with Crippen LogP contribution in [0.2, 0.25) is 0 Å². The number of Topliss-reactive ketones (excluding diaryl/α,β-unsaturated/α-hetero) is 2. The average molecular weight is 631 g/mol. The zero-order valence-corrected chi connectivity index (χ0v) is 25.7. The number of rotatable bonds is 6. The Morgan fingerprint density at radius 1 is 1.07 bits per heavy atom. The number of aliphatic hydroxyl groups is 3. The van der Waals surface area contributed by atoms with Crippen LogP contribution in [0.25, 0.3) is 5.76 Å². The van der Waals surface area contributed by atoms with Gasteiger partial charge in [0.2, 0.25) is 11.7 Å². The molecule has 0 bridgehead atoms. The number of hydrogen-bond donors (Lipinski definition) is 6. The van der Waals surface area contributed by atoms with Crippen LogP contribution in [0.3, 0.4) is 0 Å². The standard InChI is InChI=1S/C27H35N5O8.2ClH/c1-30(2)10-16(33)29-14-9-15(31(3)4)12-7-11-8-13-20(32(5)6)23(36)19(26(28)39)25(38)27(13,40)24(37)17(11)22(35)18(12)21(14)34;;/h9,11,13,20,34-35,38,40H,7-8,10H2,1-6H3,(H2,28,39)(H,29,33);2*1H/t11-,13-,20-,27-;;/m0../s1. The van der Waals surface area contributed by atoms with Crippen LogP contribution in [0.5, 0.6) is 5.75 Å². The number of phenolic OH excluding ortho intramolecular Hbond substituents is 1. The molecular weight excluding hydrogens is 593 g/mol. The third-order valence-electron chi connectivity index (χ3n) is 7.91. The maximum absolute atomic E-state index is 14.0. The van der Waals surface area contributed by atoms with E-state index in [0.717, 1.165) is 0 Å². The maximum Gasteiger partial charge on any atom is 0.255 e. The second-order valence-corrected chi connectivity index (χ2v) is 11.3. The number of aliphatic hydroxyl groups excluding tert-OH is 2. The number of amides is 2. The Hall–Kier alpha value is -3.36. The van der Waals surface area contributed by atoms with Crippen LogP contribution in [-0.4, -0.2) is 114 Å². The predicted octanol–water partition coefficient (Wildman–Crippen LogP) is 0.374. The summed E-state index contributed by atoms with van der Waals surface area (Å²) in [6, 6.07) is 0.412. The molecule has 1 fully saturated rings. The number of fused-ring (bicyclic) bond motifs is 3. The van der Waals surface area contributed by atoms with Crippen LogP contribution in [0.4, 0.5) is 11.4 Å². The van der Waals surface area contributed by atoms with Gasteiger partial charge in [-0.25, -0.2) is 0 Å². The SMILES string of the molecule is CN(C)CC(=O)Nc1cc(N(C)C)c2c(c1O)C(O)=C1C(=O)[C@]3(O)C(O)=C(C(N)=O)C(=O)[C@@H](N(C)C)[C@@H]3C[C@@H]1C2.Cl.Cl. The molecule has 0 radical (unpaired) electrons. The van der Waals surface area contributed by atoms with Gasteiger partial charge in [-0.2, -0.15) is 0 Å². The molecule has 4 atom stereocenters. The number of aromatic hydroxyl groups is 1. The van der Waals surface area contributed by atoms with Crippen molar-refractivity contribution < 1.29 is 39.6 Å². The number of carbonyl (C=O) groups is 4. The minimum absolute atomic E-state index is 0. The molecule has 0 heterocycles. The molecule has 42 heavy (non-hydrogen) atoms. The first-order valence-electron chi connectivity index (χ1n) is 12.7. The highest BCUT2D eigenvalue weighted by Crippen LogP contribution is 2.54. The molecule has 0 aromatic heterocycles. The summed E-state index contributed by atoms with van der Waals surface area (Å²) in [4.78, 5) is 56.6. The molecule has 1 saturated carbocycles. The minimum atomic E-state index is -2.72. The van der Waals surface area contributed by atoms with Crippen LogP contribution in [0, 0.1) is 11.8 Å². The molecule has 1 aromatic carbocycles. The van der Waals surface area contributed by atoms with Crippen molar-refractivity contribution in [1.29, 1.82) is 0 Å². The Balaban J connectivity index is 0.00000308. The van der Waals surface area contributed by atoms with Gasteiger partial charge in [0.25, 0.3) is 5.91 Å². The average Bonchev–Trinajstić information content (AvgIpc) is 2.81. The number of phenols is 1. The van der Waals surface area contributed by atoms with E-state index >= 15 is 0 Å². The largest absolute Gasteiger partial charge is 0.508 e. The second-order valence-electron chi connectivity index (χ2n) is 11.3. The van der Waals surface area contributed by atoms with E-state index in [-0.39, 0.29) is 61.0 Å². The zero-order chi connectivity index (χ0) is 30.0. The van der Waals surface area contributed by atoms with E-state index in [1.54, 1.807) is 58.2 Å². The number of nitrogens with one attached hydrogen (secondary N) is 1. The minimum Gasteiger partial charge on any atom is -0.508 e. The molecule has 2 amide bonds. The molecule has 0 spiro atoms. The molecule has 232 valence electrons. The summed E-state index contributed by atoms with van der Waals surface area (Å²) in [5.41, 5.74) is 2.48. The monoisotopic (exact) mass is 629 g/mol. The first-order chi connectivity index (χ1) is 18.5. The summed E-state index contributed by atoms with van der Waals surface area (Å²) in [6.45, 7) is 0.0233. The normalized spacial score (nSPS) is 24.8. The van der Waals surface area contributed by atoms with Gasteiger partial charge in [0, 0.05) is 31.3 Å². The second kappa shape index (κ2) is 12.1. The Bertz CT molecular complexity index is 1410. The summed E-state index contributed by atoms with van der Waals surface area (Å²) >= 11 is 0. The van der Waals surface area contributed by atoms with Crippen molar-refractivity contribution in [3.63, 3.8) is 0 Å². The number of likely N-dealkylation sites (N-methyl/N-ethyl adjacent to an activating group) is 2. The maximum atomic E-state index is 14.0. The number of hydrogen-bond acceptors (Lipinski definition) is 11. The van der Waals surface area contributed by atoms with Gasteiger partial charge in [-0.05, 0) is 58.6 Å². The predicted molar refractivity (Wildman–Crippen MR) is 160 cm³/mol. The van der Waals surface area contributed by atoms with Gasteiger partial charge >= 0.3 is 0 Å². The molecule has 4 rings (SSSR count). The molecule has 7 N–H and O–H groups in total. The Kier molecular flexibility index (Phi) is 10.0. The van der Waals surface area contributed by atoms with E-state index in [4.69, 9.17) is 5.73 Å². The smallest absolute Gasteiger partial charge is 0.255 e. The van der Waals surface area contributed by atoms with Crippen molar-refractivity contribution in [2.24, 2.45) is 17.6 Å². The van der Waals surface area contributed by atoms with Crippen molar-refractivity contribution in [2.75, 3.05) is 59.0 Å². The number of carbonyl (C=O) groups excluding carboxylic acids is 4. The highest BCUT2D eigenvalue weighted by atomic mass is 35.5. The van der Waals surface area contributed by atoms with Crippen molar-refractivity contribution in [3.8, 4) is 5.75 Å². The van der Waals surface area contributed by atoms with Gasteiger partial charge < -0.3 is 41.3 Å². The molecule has 0 saturated heterocycles. The number of halogens is 2. The van der Waals surface area contributed by atoms with E-state index in [2.05, 4.69) is 5.32 Å². The Morgan fingerprint density at radius 3 is 2.17 bits per heavy atom. The first-order valence-corrected chi connectivity index (χ1v) is 12.7. The van der Waals surface area contributed by atoms with Crippen LogP contribution in [-0.2, 0) is 25.6 Å². The fourth-order valence-electron chi connectivity index (χ4n) is 6.26. The third kappa shape index (κ3) is 5.20. The number of nitrogens with zero attached hydrogens (tertiary/aromatic N) is 3. The van der Waals surface area contributed by atoms with Crippen LogP contribution >= 0.6 is 24.8 Å². The molecular formula is C27H37Cl2N5O8. The van der Waals surface area contributed by atoms with Gasteiger partial charge in [-0.1, -0.05) is 0 Å². The first kappa shape index (κ1) is 34.8. The number of anilines is 2. The van der Waals surface area contributed by atoms with Gasteiger partial charge in [0.1, 0.15) is 22.8 Å². The van der Waals surface area contributed by atoms with Crippen molar-refractivity contribution in [2.45, 2.75) is 24.5 Å². The lowest BCUT2D eigenvalue weighted by Crippen LogP contribution is -2.65. The Morgan fingerprint density at radius 2 is 1.67 bits per heavy atom. The zero-order valence-electron chi connectivity index (χ0n) is 24.1. The van der Waals surface area contributed by atoms with Crippen LogP contribution in [0.1, 0.15) is 17.5 Å². The number of nitrogens with two attached hydrogens (primary N) is 1. The van der Waals surface area contributed by atoms with Crippen molar-refractivity contribution >= 4 is 65.3 Å². The van der Waals surface area contributed by atoms with E-state index < -0.39 is 69.7 Å². The lowest BCUT2D eigenvalue weighted by molar-refractivity contribution is -0.153. The molecule has 0 unspecified atom stereocenters. The summed E-state index contributed by atoms with van der Waals surface area (Å²) in [6.07, 6.45) is 0.127. The van der Waals surface area contributed by atoms with E-state index in [0.29, 0.717) is 11.3 Å². The van der Waals surface area contributed by atoms with Crippen LogP contribution < -0.4 is 16.0 Å². The molecule has 3 aliphatic rings. The van der Waals surface area contributed by atoms with E-state index in [1.807, 2.05) is 0 Å². The molecule has 3 aliphatic carbocycles.